The summed E-state index contributed by atoms with van der Waals surface area (Å²) in [5.41, 5.74) is 0.854. The highest BCUT2D eigenvalue weighted by molar-refractivity contribution is 6.19. The lowest BCUT2D eigenvalue weighted by Gasteiger charge is -2.14. The van der Waals surface area contributed by atoms with Crippen molar-refractivity contribution in [2.24, 2.45) is 0 Å². The van der Waals surface area contributed by atoms with Gasteiger partial charge in [0.1, 0.15) is 5.60 Å². The molecule has 0 spiro atoms. The SMILES string of the molecule is C=CCCn1cc(C#CC(C)(O)CC#N)c2c(c1=O)CC(C)=C2C(=O)OCC. The third kappa shape index (κ3) is 4.42. The van der Waals surface area contributed by atoms with Crippen LogP contribution >= 0.6 is 0 Å². The Hall–Kier alpha value is -3.09. The first-order valence-corrected chi connectivity index (χ1v) is 9.12. The van der Waals surface area contributed by atoms with E-state index in [-0.39, 0.29) is 18.6 Å². The van der Waals surface area contributed by atoms with Crippen molar-refractivity contribution in [3.63, 3.8) is 0 Å². The predicted octanol–water partition coefficient (Wildman–Crippen LogP) is 2.33. The van der Waals surface area contributed by atoms with Crippen LogP contribution in [0.1, 0.15) is 50.3 Å². The summed E-state index contributed by atoms with van der Waals surface area (Å²) in [6.45, 7) is 9.30. The van der Waals surface area contributed by atoms with Gasteiger partial charge in [-0.05, 0) is 27.2 Å². The van der Waals surface area contributed by atoms with Gasteiger partial charge in [-0.1, -0.05) is 23.5 Å². The van der Waals surface area contributed by atoms with Crippen molar-refractivity contribution in [1.29, 1.82) is 5.26 Å². The maximum atomic E-state index is 12.9. The average molecular weight is 380 g/mol. The van der Waals surface area contributed by atoms with Crippen molar-refractivity contribution >= 4 is 11.5 Å². The predicted molar refractivity (Wildman–Crippen MR) is 106 cm³/mol. The molecule has 28 heavy (non-hydrogen) atoms. The molecule has 1 aromatic heterocycles. The number of ether oxygens (including phenoxy) is 1. The van der Waals surface area contributed by atoms with Crippen molar-refractivity contribution in [3.05, 3.63) is 51.5 Å². The Labute approximate surface area is 164 Å². The summed E-state index contributed by atoms with van der Waals surface area (Å²) in [5.74, 6) is 5.08. The van der Waals surface area contributed by atoms with E-state index in [4.69, 9.17) is 10.00 Å². The van der Waals surface area contributed by atoms with Gasteiger partial charge in [-0.2, -0.15) is 5.26 Å². The molecule has 1 unspecified atom stereocenters. The summed E-state index contributed by atoms with van der Waals surface area (Å²) in [5, 5.41) is 19.1. The van der Waals surface area contributed by atoms with Gasteiger partial charge in [0.15, 0.2) is 0 Å². The van der Waals surface area contributed by atoms with E-state index in [1.807, 2.05) is 6.07 Å². The third-order valence-corrected chi connectivity index (χ3v) is 4.44. The smallest absolute Gasteiger partial charge is 0.338 e. The summed E-state index contributed by atoms with van der Waals surface area (Å²) in [4.78, 5) is 25.4. The molecule has 0 aromatic carbocycles. The normalized spacial score (nSPS) is 14.4. The van der Waals surface area contributed by atoms with Crippen molar-refractivity contribution in [2.45, 2.75) is 52.2 Å². The van der Waals surface area contributed by atoms with Crippen molar-refractivity contribution in [1.82, 2.24) is 4.57 Å². The monoisotopic (exact) mass is 380 g/mol. The van der Waals surface area contributed by atoms with Crippen LogP contribution in [0.5, 0.6) is 0 Å². The molecule has 2 rings (SSSR count). The lowest BCUT2D eigenvalue weighted by molar-refractivity contribution is -0.136. The number of hydrogen-bond acceptors (Lipinski definition) is 5. The molecule has 6 heteroatoms. The van der Waals surface area contributed by atoms with E-state index in [2.05, 4.69) is 18.4 Å². The van der Waals surface area contributed by atoms with Gasteiger partial charge >= 0.3 is 5.97 Å². The van der Waals surface area contributed by atoms with Crippen molar-refractivity contribution in [3.8, 4) is 17.9 Å². The zero-order valence-electron chi connectivity index (χ0n) is 16.5. The van der Waals surface area contributed by atoms with Gasteiger partial charge in [0.05, 0.1) is 24.7 Å². The van der Waals surface area contributed by atoms with Gasteiger partial charge in [0.25, 0.3) is 5.56 Å². The zero-order chi connectivity index (χ0) is 20.9. The third-order valence-electron chi connectivity index (χ3n) is 4.44. The number of aliphatic hydroxyl groups is 1. The summed E-state index contributed by atoms with van der Waals surface area (Å²) >= 11 is 0. The Balaban J connectivity index is 2.69. The number of aryl methyl sites for hydroxylation is 1. The summed E-state index contributed by atoms with van der Waals surface area (Å²) in [6, 6.07) is 1.89. The molecule has 0 fully saturated rings. The van der Waals surface area contributed by atoms with Crippen LogP contribution in [0.4, 0.5) is 0 Å². The first-order valence-electron chi connectivity index (χ1n) is 9.12. The summed E-state index contributed by atoms with van der Waals surface area (Å²) < 4.78 is 6.71. The molecule has 1 aromatic rings. The van der Waals surface area contributed by atoms with E-state index in [0.29, 0.717) is 41.6 Å². The van der Waals surface area contributed by atoms with E-state index in [9.17, 15) is 14.7 Å². The molecule has 6 nitrogen and oxygen atoms in total. The lowest BCUT2D eigenvalue weighted by Crippen LogP contribution is -2.25. The topological polar surface area (TPSA) is 92.3 Å². The van der Waals surface area contributed by atoms with E-state index in [1.54, 1.807) is 30.7 Å². The first-order chi connectivity index (χ1) is 13.3. The maximum absolute atomic E-state index is 12.9. The fourth-order valence-corrected chi connectivity index (χ4v) is 3.11. The Kier molecular flexibility index (Phi) is 6.62. The fraction of sp³-hybridized carbons (Fsp3) is 0.409. The van der Waals surface area contributed by atoms with Crippen LogP contribution in [0.3, 0.4) is 0 Å². The molecule has 0 saturated carbocycles. The summed E-state index contributed by atoms with van der Waals surface area (Å²) in [6.07, 6.45) is 4.11. The number of carbonyl (C=O) groups is 1. The minimum atomic E-state index is -1.49. The van der Waals surface area contributed by atoms with E-state index < -0.39 is 11.6 Å². The Morgan fingerprint density at radius 3 is 2.86 bits per heavy atom. The van der Waals surface area contributed by atoms with Crippen molar-refractivity contribution < 1.29 is 14.6 Å². The van der Waals surface area contributed by atoms with Crippen LogP contribution in [0, 0.1) is 23.2 Å². The summed E-state index contributed by atoms with van der Waals surface area (Å²) in [7, 11) is 0. The molecule has 146 valence electrons. The maximum Gasteiger partial charge on any atom is 0.338 e. The van der Waals surface area contributed by atoms with Crippen LogP contribution < -0.4 is 5.56 Å². The van der Waals surface area contributed by atoms with Crippen LogP contribution in [0.2, 0.25) is 0 Å². The van der Waals surface area contributed by atoms with E-state index in [0.717, 1.165) is 5.57 Å². The number of aromatic nitrogens is 1. The van der Waals surface area contributed by atoms with Gasteiger partial charge in [-0.25, -0.2) is 4.79 Å². The molecule has 0 bridgehead atoms. The number of fused-ring (bicyclic) bond motifs is 1. The number of rotatable bonds is 6. The molecule has 0 saturated heterocycles. The Morgan fingerprint density at radius 2 is 2.25 bits per heavy atom. The standard InChI is InChI=1S/C22H24N2O4/c1-5-7-12-24-14-16(8-9-22(4,27)10-11-23)19-17(20(24)25)13-15(3)18(19)21(26)28-6-2/h5,14,27H,1,6-7,10,12-13H2,2-4H3. The number of nitrogens with zero attached hydrogens (tertiary/aromatic N) is 2. The molecule has 1 aliphatic carbocycles. The van der Waals surface area contributed by atoms with Gasteiger partial charge in [-0.3, -0.25) is 4.79 Å². The Morgan fingerprint density at radius 1 is 1.54 bits per heavy atom. The van der Waals surface area contributed by atoms with Gasteiger partial charge in [0.2, 0.25) is 0 Å². The molecule has 1 N–H and O–H groups in total. The number of hydrogen-bond donors (Lipinski definition) is 1. The molecular formula is C22H24N2O4. The number of carbonyl (C=O) groups excluding carboxylic acids is 1. The van der Waals surface area contributed by atoms with Crippen LogP contribution in [0.25, 0.3) is 5.57 Å². The number of pyridine rings is 1. The fourth-order valence-electron chi connectivity index (χ4n) is 3.11. The minimum absolute atomic E-state index is 0.155. The quantitative estimate of drug-likeness (QED) is 0.465. The number of esters is 1. The highest BCUT2D eigenvalue weighted by Gasteiger charge is 2.31. The largest absolute Gasteiger partial charge is 0.462 e. The van der Waals surface area contributed by atoms with Crippen molar-refractivity contribution in [2.75, 3.05) is 6.61 Å². The lowest BCUT2D eigenvalue weighted by atomic mass is 9.98. The molecule has 0 amide bonds. The highest BCUT2D eigenvalue weighted by Crippen LogP contribution is 2.34. The van der Waals surface area contributed by atoms with Gasteiger partial charge in [-0.15, -0.1) is 6.58 Å². The molecule has 0 radical (unpaired) electrons. The first kappa shape index (κ1) is 21.2. The highest BCUT2D eigenvalue weighted by atomic mass is 16.5. The van der Waals surface area contributed by atoms with Crippen LogP contribution in [-0.4, -0.2) is 27.9 Å². The second kappa shape index (κ2) is 8.73. The average Bonchev–Trinajstić information content (AvgIpc) is 2.98. The van der Waals surface area contributed by atoms with Crippen LogP contribution in [0.15, 0.2) is 29.2 Å². The Bertz CT molecular complexity index is 994. The van der Waals surface area contributed by atoms with E-state index >= 15 is 0 Å². The minimum Gasteiger partial charge on any atom is -0.462 e. The molecular weight excluding hydrogens is 356 g/mol. The van der Waals surface area contributed by atoms with Crippen LogP contribution in [-0.2, 0) is 22.5 Å². The van der Waals surface area contributed by atoms with E-state index in [1.165, 1.54) is 6.92 Å². The zero-order valence-corrected chi connectivity index (χ0v) is 16.5. The second-order valence-electron chi connectivity index (χ2n) is 6.88. The molecule has 1 atom stereocenters. The number of nitriles is 1. The van der Waals surface area contributed by atoms with Gasteiger partial charge in [0, 0.05) is 35.9 Å². The second-order valence-corrected chi connectivity index (χ2v) is 6.88. The van der Waals surface area contributed by atoms with Gasteiger partial charge < -0.3 is 14.4 Å². The molecule has 0 aliphatic heterocycles. The number of allylic oxidation sites excluding steroid dienone is 2. The molecule has 1 heterocycles. The molecule has 1 aliphatic rings.